The molecule has 1 heterocycles. The summed E-state index contributed by atoms with van der Waals surface area (Å²) in [7, 11) is 0. The van der Waals surface area contributed by atoms with Gasteiger partial charge in [0.2, 0.25) is 0 Å². The molecule has 2 N–H and O–H groups in total. The average Bonchev–Trinajstić information content (AvgIpc) is 3.05. The summed E-state index contributed by atoms with van der Waals surface area (Å²) >= 11 is 0. The van der Waals surface area contributed by atoms with Crippen molar-refractivity contribution in [1.82, 2.24) is 10.2 Å². The summed E-state index contributed by atoms with van der Waals surface area (Å²) in [4.78, 5) is 25.1. The molecule has 2 saturated carbocycles. The lowest BCUT2D eigenvalue weighted by Crippen LogP contribution is -2.55. The third kappa shape index (κ3) is 2.29. The van der Waals surface area contributed by atoms with Crippen molar-refractivity contribution in [2.45, 2.75) is 44.2 Å². The number of aliphatic carboxylic acids is 1. The monoisotopic (exact) mass is 268 g/mol. The van der Waals surface area contributed by atoms with Crippen LogP contribution in [-0.2, 0) is 9.53 Å². The topological polar surface area (TPSA) is 78.9 Å². The molecule has 3 rings (SSSR count). The van der Waals surface area contributed by atoms with Crippen LogP contribution in [0.15, 0.2) is 0 Å². The molecule has 2 amide bonds. The van der Waals surface area contributed by atoms with Gasteiger partial charge < -0.3 is 20.1 Å². The fourth-order valence-electron chi connectivity index (χ4n) is 3.14. The zero-order valence-corrected chi connectivity index (χ0v) is 10.9. The summed E-state index contributed by atoms with van der Waals surface area (Å²) in [6.45, 7) is 1.43. The van der Waals surface area contributed by atoms with E-state index in [-0.39, 0.29) is 24.7 Å². The van der Waals surface area contributed by atoms with E-state index in [2.05, 4.69) is 5.32 Å². The highest BCUT2D eigenvalue weighted by molar-refractivity contribution is 5.80. The smallest absolute Gasteiger partial charge is 0.317 e. The fraction of sp³-hybridized carbons (Fsp3) is 0.846. The van der Waals surface area contributed by atoms with Gasteiger partial charge >= 0.3 is 12.0 Å². The van der Waals surface area contributed by atoms with Crippen LogP contribution >= 0.6 is 0 Å². The Balaban J connectivity index is 1.56. The lowest BCUT2D eigenvalue weighted by Gasteiger charge is -2.37. The Labute approximate surface area is 112 Å². The third-order valence-electron chi connectivity index (χ3n) is 4.63. The van der Waals surface area contributed by atoms with Crippen molar-refractivity contribution in [3.63, 3.8) is 0 Å². The van der Waals surface area contributed by atoms with Crippen LogP contribution in [0, 0.1) is 5.41 Å². The molecular formula is C13H20N2O4. The molecule has 0 aromatic rings. The van der Waals surface area contributed by atoms with Crippen molar-refractivity contribution in [2.24, 2.45) is 5.41 Å². The van der Waals surface area contributed by atoms with Gasteiger partial charge in [0.25, 0.3) is 0 Å². The van der Waals surface area contributed by atoms with E-state index in [9.17, 15) is 9.59 Å². The van der Waals surface area contributed by atoms with Crippen molar-refractivity contribution in [3.05, 3.63) is 0 Å². The summed E-state index contributed by atoms with van der Waals surface area (Å²) < 4.78 is 5.66. The summed E-state index contributed by atoms with van der Waals surface area (Å²) in [5.74, 6) is -0.798. The standard InChI is InChI=1S/C13H20N2O4/c16-11(17)13(4-5-13)8-14-12(18)15-6-7-19-10-3-1-2-9(10)15/h9-10H,1-8H2,(H,14,18)(H,16,17). The van der Waals surface area contributed by atoms with E-state index in [1.54, 1.807) is 0 Å². The largest absolute Gasteiger partial charge is 0.481 e. The Hall–Kier alpha value is -1.30. The minimum Gasteiger partial charge on any atom is -0.481 e. The number of carbonyl (C=O) groups excluding carboxylic acids is 1. The highest BCUT2D eigenvalue weighted by Gasteiger charge is 2.50. The highest BCUT2D eigenvalue weighted by atomic mass is 16.5. The number of carboxylic acids is 1. The average molecular weight is 268 g/mol. The molecule has 106 valence electrons. The van der Waals surface area contributed by atoms with Gasteiger partial charge in [0, 0.05) is 13.1 Å². The maximum Gasteiger partial charge on any atom is 0.317 e. The van der Waals surface area contributed by atoms with Gasteiger partial charge in [-0.05, 0) is 32.1 Å². The van der Waals surface area contributed by atoms with E-state index in [1.165, 1.54) is 0 Å². The third-order valence-corrected chi connectivity index (χ3v) is 4.63. The molecule has 2 unspecified atom stereocenters. The van der Waals surface area contributed by atoms with Crippen LogP contribution in [0.25, 0.3) is 0 Å². The van der Waals surface area contributed by atoms with Gasteiger partial charge in [0.1, 0.15) is 0 Å². The normalized spacial score (nSPS) is 31.7. The molecule has 6 nitrogen and oxygen atoms in total. The van der Waals surface area contributed by atoms with Gasteiger partial charge in [0.05, 0.1) is 24.2 Å². The van der Waals surface area contributed by atoms with Gasteiger partial charge in [-0.1, -0.05) is 0 Å². The van der Waals surface area contributed by atoms with Crippen molar-refractivity contribution < 1.29 is 19.4 Å². The second-order valence-corrected chi connectivity index (χ2v) is 5.85. The van der Waals surface area contributed by atoms with Crippen molar-refractivity contribution in [2.75, 3.05) is 19.7 Å². The summed E-state index contributed by atoms with van der Waals surface area (Å²) in [5, 5.41) is 11.9. The Morgan fingerprint density at radius 1 is 1.37 bits per heavy atom. The minimum absolute atomic E-state index is 0.132. The Bertz CT molecular complexity index is 394. The van der Waals surface area contributed by atoms with E-state index >= 15 is 0 Å². The quantitative estimate of drug-likeness (QED) is 0.794. The van der Waals surface area contributed by atoms with Gasteiger partial charge in [-0.2, -0.15) is 0 Å². The van der Waals surface area contributed by atoms with Crippen LogP contribution in [-0.4, -0.2) is 53.8 Å². The molecule has 0 aromatic heterocycles. The van der Waals surface area contributed by atoms with Gasteiger partial charge in [-0.15, -0.1) is 0 Å². The molecular weight excluding hydrogens is 248 g/mol. The number of hydrogen-bond acceptors (Lipinski definition) is 3. The molecule has 0 aromatic carbocycles. The first-order valence-corrected chi connectivity index (χ1v) is 7.02. The first-order chi connectivity index (χ1) is 9.12. The number of carboxylic acid groups (broad SMARTS) is 1. The Morgan fingerprint density at radius 3 is 2.84 bits per heavy atom. The maximum absolute atomic E-state index is 12.2. The van der Waals surface area contributed by atoms with Crippen molar-refractivity contribution in [3.8, 4) is 0 Å². The number of amides is 2. The molecule has 2 aliphatic carbocycles. The second-order valence-electron chi connectivity index (χ2n) is 5.85. The van der Waals surface area contributed by atoms with Crippen LogP contribution in [0.4, 0.5) is 4.79 Å². The molecule has 3 fully saturated rings. The molecule has 19 heavy (non-hydrogen) atoms. The second kappa shape index (κ2) is 4.67. The van der Waals surface area contributed by atoms with Crippen LogP contribution in [0.5, 0.6) is 0 Å². The first kappa shape index (κ1) is 12.7. The number of urea groups is 1. The number of nitrogens with one attached hydrogen (secondary N) is 1. The van der Waals surface area contributed by atoms with Crippen LogP contribution in [0.2, 0.25) is 0 Å². The van der Waals surface area contributed by atoms with Crippen molar-refractivity contribution >= 4 is 12.0 Å². The molecule has 6 heteroatoms. The number of carbonyl (C=O) groups is 2. The molecule has 0 bridgehead atoms. The lowest BCUT2D eigenvalue weighted by atomic mass is 10.1. The molecule has 2 atom stereocenters. The number of fused-ring (bicyclic) bond motifs is 1. The molecule has 1 saturated heterocycles. The predicted molar refractivity (Wildman–Crippen MR) is 66.8 cm³/mol. The zero-order valence-electron chi connectivity index (χ0n) is 10.9. The van der Waals surface area contributed by atoms with Gasteiger partial charge in [-0.25, -0.2) is 4.79 Å². The van der Waals surface area contributed by atoms with E-state index in [0.717, 1.165) is 19.3 Å². The Morgan fingerprint density at radius 2 is 2.16 bits per heavy atom. The first-order valence-electron chi connectivity index (χ1n) is 7.02. The maximum atomic E-state index is 12.2. The molecule has 1 aliphatic heterocycles. The van der Waals surface area contributed by atoms with Crippen LogP contribution < -0.4 is 5.32 Å². The number of morpholine rings is 1. The van der Waals surface area contributed by atoms with Crippen LogP contribution in [0.1, 0.15) is 32.1 Å². The SMILES string of the molecule is O=C(NCC1(C(=O)O)CC1)N1CCOC2CCCC21. The fourth-order valence-corrected chi connectivity index (χ4v) is 3.14. The van der Waals surface area contributed by atoms with Gasteiger partial charge in [-0.3, -0.25) is 4.79 Å². The summed E-state index contributed by atoms with van der Waals surface area (Å²) in [6.07, 6.45) is 4.61. The number of hydrogen-bond donors (Lipinski definition) is 2. The lowest BCUT2D eigenvalue weighted by molar-refractivity contribution is -0.143. The molecule has 3 aliphatic rings. The number of rotatable bonds is 3. The van der Waals surface area contributed by atoms with E-state index in [1.807, 2.05) is 4.90 Å². The number of ether oxygens (including phenoxy) is 1. The highest BCUT2D eigenvalue weighted by Crippen LogP contribution is 2.45. The summed E-state index contributed by atoms with van der Waals surface area (Å²) in [6, 6.07) is 0.0430. The molecule has 0 spiro atoms. The van der Waals surface area contributed by atoms with E-state index in [4.69, 9.17) is 9.84 Å². The zero-order chi connectivity index (χ0) is 13.5. The predicted octanol–water partition coefficient (Wildman–Crippen LogP) is 0.814. The Kier molecular flexibility index (Phi) is 3.12. The van der Waals surface area contributed by atoms with E-state index < -0.39 is 11.4 Å². The van der Waals surface area contributed by atoms with Gasteiger partial charge in [0.15, 0.2) is 0 Å². The van der Waals surface area contributed by atoms with Crippen molar-refractivity contribution in [1.29, 1.82) is 0 Å². The molecule has 0 radical (unpaired) electrons. The van der Waals surface area contributed by atoms with Crippen LogP contribution in [0.3, 0.4) is 0 Å². The number of nitrogens with zero attached hydrogens (tertiary/aromatic N) is 1. The summed E-state index contributed by atoms with van der Waals surface area (Å²) in [5.41, 5.74) is -0.697. The van der Waals surface area contributed by atoms with E-state index in [0.29, 0.717) is 26.0 Å². The minimum atomic E-state index is -0.798.